The summed E-state index contributed by atoms with van der Waals surface area (Å²) in [5.41, 5.74) is 0. The van der Waals surface area contributed by atoms with Crippen LogP contribution in [-0.4, -0.2) is 32.3 Å². The Morgan fingerprint density at radius 3 is 2.64 bits per heavy atom. The van der Waals surface area contributed by atoms with Crippen LogP contribution in [0.4, 0.5) is 0 Å². The van der Waals surface area contributed by atoms with Gasteiger partial charge >= 0.3 is 0 Å². The van der Waals surface area contributed by atoms with Gasteiger partial charge in [0.15, 0.2) is 0 Å². The molecule has 0 radical (unpaired) electrons. The van der Waals surface area contributed by atoms with Gasteiger partial charge in [0.1, 0.15) is 6.04 Å². The van der Waals surface area contributed by atoms with Crippen LogP contribution in [0.2, 0.25) is 0 Å². The number of hydrogen-bond acceptors (Lipinski definition) is 3. The molecule has 0 unspecified atom stereocenters. The molecular formula is C20H23N2OS2+. The number of likely N-dealkylation sites (N-methyl/N-ethyl adjacent to an activating group) is 1. The van der Waals surface area contributed by atoms with Crippen LogP contribution < -0.4 is 10.2 Å². The molecule has 3 aromatic rings. The minimum absolute atomic E-state index is 0.0842. The Hall–Kier alpha value is -1.82. The first-order valence-electron chi connectivity index (χ1n) is 8.35. The van der Waals surface area contributed by atoms with Gasteiger partial charge in [0.2, 0.25) is 5.91 Å². The van der Waals surface area contributed by atoms with Crippen LogP contribution in [-0.2, 0) is 4.79 Å². The van der Waals surface area contributed by atoms with E-state index in [-0.39, 0.29) is 5.91 Å². The summed E-state index contributed by atoms with van der Waals surface area (Å²) in [6.07, 6.45) is 0. The van der Waals surface area contributed by atoms with Gasteiger partial charge in [-0.2, -0.15) is 0 Å². The second kappa shape index (κ2) is 8.52. The smallest absolute Gasteiger partial charge is 0.230 e. The summed E-state index contributed by atoms with van der Waals surface area (Å²) in [4.78, 5) is 16.0. The van der Waals surface area contributed by atoms with E-state index in [1.54, 1.807) is 23.1 Å². The Balaban J connectivity index is 1.53. The van der Waals surface area contributed by atoms with Crippen molar-refractivity contribution in [3.05, 3.63) is 64.9 Å². The van der Waals surface area contributed by atoms with Gasteiger partial charge in [-0.05, 0) is 34.4 Å². The molecule has 0 fully saturated rings. The van der Waals surface area contributed by atoms with Gasteiger partial charge in [-0.25, -0.2) is 0 Å². The molecule has 0 aliphatic rings. The normalized spacial score (nSPS) is 12.4. The molecule has 2 aromatic carbocycles. The summed E-state index contributed by atoms with van der Waals surface area (Å²) < 4.78 is 0. The van der Waals surface area contributed by atoms with Crippen molar-refractivity contribution in [1.29, 1.82) is 0 Å². The molecule has 0 aliphatic carbocycles. The fourth-order valence-corrected chi connectivity index (χ4v) is 4.48. The molecular weight excluding hydrogens is 348 g/mol. The van der Waals surface area contributed by atoms with Gasteiger partial charge in [-0.3, -0.25) is 4.79 Å². The van der Waals surface area contributed by atoms with E-state index in [2.05, 4.69) is 67.3 Å². The number of nitrogens with one attached hydrogen (secondary N) is 2. The third-order valence-electron chi connectivity index (χ3n) is 4.18. The predicted molar refractivity (Wildman–Crippen MR) is 108 cm³/mol. The average molecular weight is 372 g/mol. The molecule has 3 nitrogen and oxygen atoms in total. The highest BCUT2D eigenvalue weighted by Gasteiger charge is 2.19. The zero-order valence-electron chi connectivity index (χ0n) is 14.5. The molecule has 0 bridgehead atoms. The largest absolute Gasteiger partial charge is 0.349 e. The van der Waals surface area contributed by atoms with Crippen LogP contribution >= 0.6 is 23.1 Å². The first-order chi connectivity index (χ1) is 12.1. The monoisotopic (exact) mass is 371 g/mol. The van der Waals surface area contributed by atoms with Crippen molar-refractivity contribution in [2.75, 3.05) is 26.4 Å². The van der Waals surface area contributed by atoms with Crippen LogP contribution in [0, 0.1) is 0 Å². The van der Waals surface area contributed by atoms with Crippen molar-refractivity contribution in [2.24, 2.45) is 0 Å². The zero-order chi connectivity index (χ0) is 17.6. The van der Waals surface area contributed by atoms with Gasteiger partial charge in [0, 0.05) is 4.90 Å². The highest BCUT2D eigenvalue weighted by molar-refractivity contribution is 8.00. The van der Waals surface area contributed by atoms with Crippen molar-refractivity contribution in [3.8, 4) is 0 Å². The van der Waals surface area contributed by atoms with E-state index in [0.717, 1.165) is 4.90 Å². The summed E-state index contributed by atoms with van der Waals surface area (Å²) in [7, 11) is 4.25. The molecule has 3 rings (SSSR count). The molecule has 1 heterocycles. The topological polar surface area (TPSA) is 33.5 Å². The number of hydrogen-bond donors (Lipinski definition) is 2. The van der Waals surface area contributed by atoms with E-state index >= 15 is 0 Å². The first-order valence-corrected chi connectivity index (χ1v) is 10.2. The molecule has 25 heavy (non-hydrogen) atoms. The second-order valence-electron chi connectivity index (χ2n) is 6.25. The van der Waals surface area contributed by atoms with Crippen molar-refractivity contribution >= 4 is 39.8 Å². The third kappa shape index (κ3) is 4.84. The lowest BCUT2D eigenvalue weighted by Gasteiger charge is -2.20. The second-order valence-corrected chi connectivity index (χ2v) is 8.28. The van der Waals surface area contributed by atoms with E-state index in [1.165, 1.54) is 20.5 Å². The van der Waals surface area contributed by atoms with Crippen molar-refractivity contribution in [2.45, 2.75) is 10.9 Å². The van der Waals surface area contributed by atoms with Gasteiger partial charge < -0.3 is 10.2 Å². The minimum atomic E-state index is 0.0842. The number of benzene rings is 2. The fourth-order valence-electron chi connectivity index (χ4n) is 2.75. The Bertz CT molecular complexity index is 831. The van der Waals surface area contributed by atoms with Crippen LogP contribution in [0.5, 0.6) is 0 Å². The standard InChI is InChI=1S/C20H22N2OS2/c1-22(2)18(19-8-5-11-24-19)13-21-20(23)14-25-17-10-9-15-6-3-4-7-16(15)12-17/h3-12,18H,13-14H2,1-2H3,(H,21,23)/p+1/t18-/m1/s1. The molecule has 0 spiro atoms. The summed E-state index contributed by atoms with van der Waals surface area (Å²) >= 11 is 3.33. The van der Waals surface area contributed by atoms with Crippen LogP contribution in [0.25, 0.3) is 10.8 Å². The van der Waals surface area contributed by atoms with Crippen molar-refractivity contribution in [1.82, 2.24) is 5.32 Å². The van der Waals surface area contributed by atoms with E-state index in [0.29, 0.717) is 18.3 Å². The summed E-state index contributed by atoms with van der Waals surface area (Å²) in [6, 6.07) is 19.1. The van der Waals surface area contributed by atoms with E-state index in [1.807, 2.05) is 12.1 Å². The maximum Gasteiger partial charge on any atom is 0.230 e. The predicted octanol–water partition coefficient (Wildman–Crippen LogP) is 3.00. The highest BCUT2D eigenvalue weighted by atomic mass is 32.2. The summed E-state index contributed by atoms with van der Waals surface area (Å²) in [5.74, 6) is 0.527. The average Bonchev–Trinajstić information content (AvgIpc) is 3.14. The summed E-state index contributed by atoms with van der Waals surface area (Å²) in [5, 5.41) is 7.61. The van der Waals surface area contributed by atoms with Crippen LogP contribution in [0.3, 0.4) is 0 Å². The molecule has 1 aromatic heterocycles. The number of rotatable bonds is 7. The van der Waals surface area contributed by atoms with E-state index < -0.39 is 0 Å². The van der Waals surface area contributed by atoms with Crippen LogP contribution in [0.1, 0.15) is 10.9 Å². The molecule has 0 aliphatic heterocycles. The highest BCUT2D eigenvalue weighted by Crippen LogP contribution is 2.23. The number of carbonyl (C=O) groups is 1. The van der Waals surface area contributed by atoms with Gasteiger partial charge in [0.25, 0.3) is 0 Å². The Kier molecular flexibility index (Phi) is 6.13. The number of thioether (sulfide) groups is 1. The fraction of sp³-hybridized carbons (Fsp3) is 0.250. The molecule has 0 saturated carbocycles. The summed E-state index contributed by atoms with van der Waals surface area (Å²) in [6.45, 7) is 0.667. The Morgan fingerprint density at radius 2 is 1.92 bits per heavy atom. The lowest BCUT2D eigenvalue weighted by molar-refractivity contribution is -0.890. The molecule has 1 atom stereocenters. The molecule has 1 amide bonds. The molecule has 0 saturated heterocycles. The molecule has 5 heteroatoms. The number of thiophene rings is 1. The molecule has 130 valence electrons. The van der Waals surface area contributed by atoms with E-state index in [9.17, 15) is 4.79 Å². The van der Waals surface area contributed by atoms with Crippen molar-refractivity contribution < 1.29 is 9.69 Å². The quantitative estimate of drug-likeness (QED) is 0.626. The third-order valence-corrected chi connectivity index (χ3v) is 6.16. The SMILES string of the molecule is C[NH+](C)[C@H](CNC(=O)CSc1ccc2ccccc2c1)c1cccs1. The lowest BCUT2D eigenvalue weighted by atomic mass is 10.1. The van der Waals surface area contributed by atoms with Crippen molar-refractivity contribution in [3.63, 3.8) is 0 Å². The van der Waals surface area contributed by atoms with Crippen LogP contribution in [0.15, 0.2) is 64.9 Å². The number of carbonyl (C=O) groups excluding carboxylic acids is 1. The van der Waals surface area contributed by atoms with Gasteiger partial charge in [0.05, 0.1) is 31.3 Å². The maximum absolute atomic E-state index is 12.2. The zero-order valence-corrected chi connectivity index (χ0v) is 16.1. The lowest BCUT2D eigenvalue weighted by Crippen LogP contribution is -3.06. The number of amides is 1. The Morgan fingerprint density at radius 1 is 1.12 bits per heavy atom. The van der Waals surface area contributed by atoms with Gasteiger partial charge in [-0.1, -0.05) is 36.4 Å². The first kappa shape index (κ1) is 18.0. The number of fused-ring (bicyclic) bond motifs is 1. The van der Waals surface area contributed by atoms with Gasteiger partial charge in [-0.15, -0.1) is 23.1 Å². The maximum atomic E-state index is 12.2. The number of quaternary nitrogens is 1. The van der Waals surface area contributed by atoms with E-state index in [4.69, 9.17) is 0 Å². The molecule has 2 N–H and O–H groups in total. The Labute approximate surface area is 157 Å². The minimum Gasteiger partial charge on any atom is -0.349 e.